The van der Waals surface area contributed by atoms with Crippen LogP contribution in [0.3, 0.4) is 0 Å². The van der Waals surface area contributed by atoms with Gasteiger partial charge < -0.3 is 5.32 Å². The van der Waals surface area contributed by atoms with E-state index in [1.165, 1.54) is 6.33 Å². The Morgan fingerprint density at radius 2 is 1.87 bits per heavy atom. The highest BCUT2D eigenvalue weighted by Crippen LogP contribution is 2.26. The van der Waals surface area contributed by atoms with Crippen molar-refractivity contribution < 1.29 is 4.79 Å². The van der Waals surface area contributed by atoms with Crippen LogP contribution in [0.4, 0.5) is 16.3 Å². The van der Waals surface area contributed by atoms with Crippen molar-refractivity contribution in [3.63, 3.8) is 0 Å². The Morgan fingerprint density at radius 1 is 1.13 bits per heavy atom. The number of amides is 2. The van der Waals surface area contributed by atoms with Crippen LogP contribution in [0.15, 0.2) is 30.7 Å². The Hall–Kier alpha value is -2.42. The van der Waals surface area contributed by atoms with Crippen molar-refractivity contribution in [1.82, 2.24) is 24.6 Å². The Morgan fingerprint density at radius 3 is 2.53 bits per heavy atom. The summed E-state index contributed by atoms with van der Waals surface area (Å²) < 4.78 is 1.83. The highest BCUT2D eigenvalue weighted by molar-refractivity contribution is 6.36. The van der Waals surface area contributed by atoms with Crippen molar-refractivity contribution in [1.29, 1.82) is 0 Å². The minimum absolute atomic E-state index is 0.346. The molecule has 30 heavy (non-hydrogen) atoms. The fourth-order valence-corrected chi connectivity index (χ4v) is 3.79. The minimum atomic E-state index is -0.474. The fourth-order valence-electron chi connectivity index (χ4n) is 3.33. The third-order valence-corrected chi connectivity index (χ3v) is 5.29. The second-order valence-electron chi connectivity index (χ2n) is 7.46. The molecular weight excluding hydrogens is 425 g/mol. The molecule has 0 aliphatic carbocycles. The summed E-state index contributed by atoms with van der Waals surface area (Å²) in [6, 6.07) is 5.23. The van der Waals surface area contributed by atoms with Gasteiger partial charge in [0.2, 0.25) is 0 Å². The summed E-state index contributed by atoms with van der Waals surface area (Å²) >= 11 is 12.0. The summed E-state index contributed by atoms with van der Waals surface area (Å²) in [5.41, 5.74) is 1.11. The van der Waals surface area contributed by atoms with Gasteiger partial charge in [-0.05, 0) is 45.9 Å². The number of halogens is 2. The molecule has 0 unspecified atom stereocenters. The van der Waals surface area contributed by atoms with Gasteiger partial charge in [0.25, 0.3) is 0 Å². The molecule has 10 heteroatoms. The zero-order valence-electron chi connectivity index (χ0n) is 17.4. The number of fused-ring (bicyclic) bond motifs is 1. The number of carbonyl (C=O) groups is 1. The van der Waals surface area contributed by atoms with Gasteiger partial charge in [-0.2, -0.15) is 5.10 Å². The maximum absolute atomic E-state index is 12.4. The number of urea groups is 1. The normalized spacial score (nSPS) is 11.6. The van der Waals surface area contributed by atoms with E-state index in [1.54, 1.807) is 24.4 Å². The van der Waals surface area contributed by atoms with Crippen LogP contribution < -0.4 is 10.6 Å². The van der Waals surface area contributed by atoms with Gasteiger partial charge in [-0.15, -0.1) is 0 Å². The smallest absolute Gasteiger partial charge is 0.306 e. The van der Waals surface area contributed by atoms with Crippen molar-refractivity contribution in [2.45, 2.75) is 46.3 Å². The monoisotopic (exact) mass is 449 g/mol. The molecule has 0 saturated heterocycles. The standard InChI is InChI=1S/C20H25Cl2N7O/c1-12(2)28(13(3)4)7-8-29-19-15(10-25-29)18(23-11-24-19)27-20(30)26-17-6-5-14(21)9-16(17)22/h5-6,9-13H,7-8H2,1-4H3,(H2,23,24,26,27,30). The molecule has 160 valence electrons. The lowest BCUT2D eigenvalue weighted by Gasteiger charge is -2.30. The van der Waals surface area contributed by atoms with Crippen molar-refractivity contribution in [3.05, 3.63) is 40.8 Å². The summed E-state index contributed by atoms with van der Waals surface area (Å²) in [5, 5.41) is 11.4. The average molecular weight is 450 g/mol. The molecule has 0 spiro atoms. The van der Waals surface area contributed by atoms with Crippen LogP contribution in [0.5, 0.6) is 0 Å². The maximum Gasteiger partial charge on any atom is 0.324 e. The highest BCUT2D eigenvalue weighted by Gasteiger charge is 2.16. The zero-order valence-corrected chi connectivity index (χ0v) is 18.9. The Labute approximate surface area is 185 Å². The molecule has 0 aliphatic heterocycles. The Bertz CT molecular complexity index is 1030. The molecular formula is C20H25Cl2N7O. The van der Waals surface area contributed by atoms with E-state index in [0.717, 1.165) is 6.54 Å². The number of hydrogen-bond donors (Lipinski definition) is 2. The second kappa shape index (κ2) is 9.59. The summed E-state index contributed by atoms with van der Waals surface area (Å²) in [5.74, 6) is 0.374. The van der Waals surface area contributed by atoms with Gasteiger partial charge in [0, 0.05) is 23.7 Å². The molecule has 0 saturated carbocycles. The van der Waals surface area contributed by atoms with E-state index in [9.17, 15) is 4.79 Å². The topological polar surface area (TPSA) is 88.0 Å². The van der Waals surface area contributed by atoms with E-state index < -0.39 is 6.03 Å². The van der Waals surface area contributed by atoms with E-state index in [4.69, 9.17) is 23.2 Å². The fraction of sp³-hybridized carbons (Fsp3) is 0.400. The number of benzene rings is 1. The van der Waals surface area contributed by atoms with Gasteiger partial charge in [0.1, 0.15) is 12.1 Å². The lowest BCUT2D eigenvalue weighted by molar-refractivity contribution is 0.167. The third kappa shape index (κ3) is 5.19. The first-order chi connectivity index (χ1) is 14.3. The highest BCUT2D eigenvalue weighted by atomic mass is 35.5. The number of rotatable bonds is 7. The number of anilines is 2. The largest absolute Gasteiger partial charge is 0.324 e. The lowest BCUT2D eigenvalue weighted by atomic mass is 10.2. The van der Waals surface area contributed by atoms with E-state index in [0.29, 0.717) is 51.2 Å². The second-order valence-corrected chi connectivity index (χ2v) is 8.30. The molecule has 1 aromatic carbocycles. The molecule has 3 rings (SSSR count). The van der Waals surface area contributed by atoms with Crippen molar-refractivity contribution in [2.24, 2.45) is 0 Å². The van der Waals surface area contributed by atoms with Crippen LogP contribution in [0, 0.1) is 0 Å². The van der Waals surface area contributed by atoms with Crippen molar-refractivity contribution in [2.75, 3.05) is 17.2 Å². The summed E-state index contributed by atoms with van der Waals surface area (Å²) in [7, 11) is 0. The molecule has 0 fully saturated rings. The minimum Gasteiger partial charge on any atom is -0.306 e. The van der Waals surface area contributed by atoms with Gasteiger partial charge in [0.15, 0.2) is 5.65 Å². The predicted octanol–water partition coefficient (Wildman–Crippen LogP) is 4.90. The van der Waals surface area contributed by atoms with Crippen molar-refractivity contribution >= 4 is 51.8 Å². The van der Waals surface area contributed by atoms with Crippen LogP contribution >= 0.6 is 23.2 Å². The van der Waals surface area contributed by atoms with Crippen LogP contribution in [-0.2, 0) is 6.54 Å². The number of aromatic nitrogens is 4. The summed E-state index contributed by atoms with van der Waals surface area (Å²) in [6.45, 7) is 10.2. The molecule has 2 heterocycles. The molecule has 0 radical (unpaired) electrons. The molecule has 3 aromatic rings. The molecule has 8 nitrogen and oxygen atoms in total. The van der Waals surface area contributed by atoms with Gasteiger partial charge in [-0.1, -0.05) is 23.2 Å². The first-order valence-electron chi connectivity index (χ1n) is 9.71. The number of nitrogens with one attached hydrogen (secondary N) is 2. The maximum atomic E-state index is 12.4. The molecule has 2 amide bonds. The van der Waals surface area contributed by atoms with Gasteiger partial charge >= 0.3 is 6.03 Å². The Balaban J connectivity index is 1.74. The first kappa shape index (κ1) is 22.3. The summed E-state index contributed by atoms with van der Waals surface area (Å²) in [4.78, 5) is 23.3. The molecule has 0 bridgehead atoms. The van der Waals surface area contributed by atoms with Gasteiger partial charge in [-0.25, -0.2) is 19.4 Å². The van der Waals surface area contributed by atoms with Crippen molar-refractivity contribution in [3.8, 4) is 0 Å². The molecule has 2 N–H and O–H groups in total. The van der Waals surface area contributed by atoms with E-state index in [-0.39, 0.29) is 0 Å². The number of hydrogen-bond acceptors (Lipinski definition) is 5. The SMILES string of the molecule is CC(C)N(CCn1ncc2c(NC(=O)Nc3ccc(Cl)cc3Cl)ncnc21)C(C)C. The van der Waals surface area contributed by atoms with Gasteiger partial charge in [0.05, 0.1) is 28.8 Å². The van der Waals surface area contributed by atoms with Crippen LogP contribution in [0.25, 0.3) is 11.0 Å². The predicted molar refractivity (Wildman–Crippen MR) is 121 cm³/mol. The number of nitrogens with zero attached hydrogens (tertiary/aromatic N) is 5. The zero-order chi connectivity index (χ0) is 21.8. The molecule has 2 aromatic heterocycles. The van der Waals surface area contributed by atoms with E-state index >= 15 is 0 Å². The van der Waals surface area contributed by atoms with Crippen LogP contribution in [0.2, 0.25) is 10.0 Å². The lowest BCUT2D eigenvalue weighted by Crippen LogP contribution is -2.39. The van der Waals surface area contributed by atoms with E-state index in [2.05, 4.69) is 58.3 Å². The quantitative estimate of drug-likeness (QED) is 0.535. The average Bonchev–Trinajstić information content (AvgIpc) is 3.08. The van der Waals surface area contributed by atoms with Crippen LogP contribution in [-0.4, -0.2) is 49.3 Å². The first-order valence-corrected chi connectivity index (χ1v) is 10.5. The van der Waals surface area contributed by atoms with Gasteiger partial charge in [-0.3, -0.25) is 10.2 Å². The Kier molecular flexibility index (Phi) is 7.12. The third-order valence-electron chi connectivity index (χ3n) is 4.74. The molecule has 0 aliphatic rings. The van der Waals surface area contributed by atoms with Crippen LogP contribution in [0.1, 0.15) is 27.7 Å². The molecule has 0 atom stereocenters. The van der Waals surface area contributed by atoms with E-state index in [1.807, 2.05) is 4.68 Å². The number of carbonyl (C=O) groups excluding carboxylic acids is 1. The summed E-state index contributed by atoms with van der Waals surface area (Å²) in [6.07, 6.45) is 3.07.